The van der Waals surface area contributed by atoms with E-state index in [4.69, 9.17) is 0 Å². The molecule has 2 aromatic carbocycles. The standard InChI is InChI=1S/C21H21N3OS2/c1-14-13-15(2)24(23-14)19-6-4-3-5-18(19)22-20(25)16-7-9-17(10-8-16)21-26-11-12-27-21/h3-10,13,21H,11-12H2,1-2H3,(H,22,25). The Morgan fingerprint density at radius 2 is 1.78 bits per heavy atom. The first-order valence-corrected chi connectivity index (χ1v) is 11.0. The molecule has 1 fully saturated rings. The summed E-state index contributed by atoms with van der Waals surface area (Å²) in [5.41, 5.74) is 5.54. The zero-order valence-corrected chi connectivity index (χ0v) is 16.9. The highest BCUT2D eigenvalue weighted by Crippen LogP contribution is 2.45. The molecule has 4 rings (SSSR count). The maximum atomic E-state index is 12.8. The van der Waals surface area contributed by atoms with Gasteiger partial charge in [-0.15, -0.1) is 23.5 Å². The fraction of sp³-hybridized carbons (Fsp3) is 0.238. The van der Waals surface area contributed by atoms with Crippen molar-refractivity contribution in [2.75, 3.05) is 16.8 Å². The van der Waals surface area contributed by atoms with E-state index >= 15 is 0 Å². The van der Waals surface area contributed by atoms with Gasteiger partial charge in [0, 0.05) is 22.8 Å². The highest BCUT2D eigenvalue weighted by molar-refractivity contribution is 8.19. The Labute approximate surface area is 167 Å². The number of anilines is 1. The first kappa shape index (κ1) is 18.2. The van der Waals surface area contributed by atoms with E-state index in [1.807, 2.05) is 84.5 Å². The van der Waals surface area contributed by atoms with Crippen LogP contribution < -0.4 is 5.32 Å². The van der Waals surface area contributed by atoms with Crippen LogP contribution >= 0.6 is 23.5 Å². The van der Waals surface area contributed by atoms with Crippen molar-refractivity contribution in [3.63, 3.8) is 0 Å². The highest BCUT2D eigenvalue weighted by Gasteiger charge is 2.19. The van der Waals surface area contributed by atoms with Crippen LogP contribution in [0.3, 0.4) is 0 Å². The van der Waals surface area contributed by atoms with E-state index in [1.54, 1.807) is 0 Å². The monoisotopic (exact) mass is 395 g/mol. The van der Waals surface area contributed by atoms with Crippen molar-refractivity contribution >= 4 is 35.1 Å². The first-order chi connectivity index (χ1) is 13.1. The van der Waals surface area contributed by atoms with Crippen molar-refractivity contribution < 1.29 is 4.79 Å². The predicted octanol–water partition coefficient (Wildman–Crippen LogP) is 5.22. The van der Waals surface area contributed by atoms with Gasteiger partial charge in [0.25, 0.3) is 5.91 Å². The average Bonchev–Trinajstić information content (AvgIpc) is 3.32. The summed E-state index contributed by atoms with van der Waals surface area (Å²) in [6, 6.07) is 17.7. The van der Waals surface area contributed by atoms with Crippen LogP contribution in [0.25, 0.3) is 5.69 Å². The van der Waals surface area contributed by atoms with Gasteiger partial charge in [-0.3, -0.25) is 4.79 Å². The number of hydrogen-bond acceptors (Lipinski definition) is 4. The number of thioether (sulfide) groups is 2. The molecule has 138 valence electrons. The fourth-order valence-electron chi connectivity index (χ4n) is 3.17. The smallest absolute Gasteiger partial charge is 0.255 e. The molecule has 3 aromatic rings. The zero-order chi connectivity index (χ0) is 18.8. The third kappa shape index (κ3) is 3.92. The number of nitrogens with zero attached hydrogens (tertiary/aromatic N) is 2. The van der Waals surface area contributed by atoms with Crippen molar-refractivity contribution in [3.8, 4) is 5.69 Å². The highest BCUT2D eigenvalue weighted by atomic mass is 32.2. The number of hydrogen-bond donors (Lipinski definition) is 1. The zero-order valence-electron chi connectivity index (χ0n) is 15.3. The largest absolute Gasteiger partial charge is 0.320 e. The number of aryl methyl sites for hydroxylation is 2. The lowest BCUT2D eigenvalue weighted by Gasteiger charge is -2.13. The second kappa shape index (κ2) is 7.82. The van der Waals surface area contributed by atoms with Gasteiger partial charge >= 0.3 is 0 Å². The topological polar surface area (TPSA) is 46.9 Å². The van der Waals surface area contributed by atoms with E-state index in [0.29, 0.717) is 10.1 Å². The average molecular weight is 396 g/mol. The molecular weight excluding hydrogens is 374 g/mol. The van der Waals surface area contributed by atoms with Crippen molar-refractivity contribution in [1.29, 1.82) is 0 Å². The SMILES string of the molecule is Cc1cc(C)n(-c2ccccc2NC(=O)c2ccc(C3SCCS3)cc2)n1. The maximum absolute atomic E-state index is 12.8. The molecule has 1 aromatic heterocycles. The van der Waals surface area contributed by atoms with Crippen LogP contribution in [-0.4, -0.2) is 27.2 Å². The van der Waals surface area contributed by atoms with Crippen LogP contribution in [0, 0.1) is 13.8 Å². The third-order valence-corrected chi connectivity index (χ3v) is 7.56. The molecule has 2 heterocycles. The number of aromatic nitrogens is 2. The van der Waals surface area contributed by atoms with Crippen LogP contribution in [0.5, 0.6) is 0 Å². The van der Waals surface area contributed by atoms with Crippen molar-refractivity contribution in [2.45, 2.75) is 18.4 Å². The van der Waals surface area contributed by atoms with Gasteiger partial charge in [0.05, 0.1) is 21.7 Å². The van der Waals surface area contributed by atoms with E-state index in [0.717, 1.165) is 22.8 Å². The maximum Gasteiger partial charge on any atom is 0.255 e. The Balaban J connectivity index is 1.56. The Morgan fingerprint density at radius 1 is 1.07 bits per heavy atom. The molecular formula is C21H21N3OS2. The van der Waals surface area contributed by atoms with Crippen LogP contribution in [0.1, 0.15) is 31.9 Å². The summed E-state index contributed by atoms with van der Waals surface area (Å²) in [5, 5.41) is 7.58. The first-order valence-electron chi connectivity index (χ1n) is 8.89. The minimum Gasteiger partial charge on any atom is -0.320 e. The normalized spacial score (nSPS) is 14.4. The van der Waals surface area contributed by atoms with Crippen molar-refractivity contribution in [2.24, 2.45) is 0 Å². The number of para-hydroxylation sites is 2. The van der Waals surface area contributed by atoms with E-state index in [9.17, 15) is 4.79 Å². The summed E-state index contributed by atoms with van der Waals surface area (Å²) in [4.78, 5) is 12.8. The second-order valence-electron chi connectivity index (χ2n) is 6.51. The van der Waals surface area contributed by atoms with E-state index in [-0.39, 0.29) is 5.91 Å². The number of benzene rings is 2. The Kier molecular flexibility index (Phi) is 5.27. The summed E-state index contributed by atoms with van der Waals surface area (Å²) in [6.45, 7) is 3.98. The van der Waals surface area contributed by atoms with Gasteiger partial charge in [-0.1, -0.05) is 24.3 Å². The fourth-order valence-corrected chi connectivity index (χ4v) is 6.03. The Morgan fingerprint density at radius 3 is 2.44 bits per heavy atom. The molecule has 6 heteroatoms. The van der Waals surface area contributed by atoms with Crippen LogP contribution in [0.4, 0.5) is 5.69 Å². The molecule has 0 bridgehead atoms. The summed E-state index contributed by atoms with van der Waals surface area (Å²) >= 11 is 3.94. The Bertz CT molecular complexity index is 960. The minimum absolute atomic E-state index is 0.109. The molecule has 1 N–H and O–H groups in total. The molecule has 0 unspecified atom stereocenters. The van der Waals surface area contributed by atoms with Gasteiger partial charge in [0.15, 0.2) is 0 Å². The number of rotatable bonds is 4. The summed E-state index contributed by atoms with van der Waals surface area (Å²) in [6.07, 6.45) is 0. The molecule has 0 radical (unpaired) electrons. The quantitative estimate of drug-likeness (QED) is 0.658. The molecule has 1 aliphatic heterocycles. The lowest BCUT2D eigenvalue weighted by Crippen LogP contribution is -2.14. The van der Waals surface area contributed by atoms with E-state index in [1.165, 1.54) is 17.1 Å². The molecule has 4 nitrogen and oxygen atoms in total. The Hall–Kier alpha value is -2.18. The molecule has 1 saturated heterocycles. The molecule has 0 atom stereocenters. The molecule has 0 aliphatic carbocycles. The molecule has 0 saturated carbocycles. The van der Waals surface area contributed by atoms with E-state index in [2.05, 4.69) is 22.5 Å². The van der Waals surface area contributed by atoms with Gasteiger partial charge in [0.2, 0.25) is 0 Å². The van der Waals surface area contributed by atoms with Gasteiger partial charge in [-0.05, 0) is 49.7 Å². The summed E-state index contributed by atoms with van der Waals surface area (Å²) < 4.78 is 2.36. The summed E-state index contributed by atoms with van der Waals surface area (Å²) in [7, 11) is 0. The third-order valence-electron chi connectivity index (χ3n) is 4.46. The van der Waals surface area contributed by atoms with Gasteiger partial charge in [-0.2, -0.15) is 5.10 Å². The number of nitrogens with one attached hydrogen (secondary N) is 1. The lowest BCUT2D eigenvalue weighted by molar-refractivity contribution is 0.102. The predicted molar refractivity (Wildman–Crippen MR) is 115 cm³/mol. The van der Waals surface area contributed by atoms with Gasteiger partial charge < -0.3 is 5.32 Å². The number of carbonyl (C=O) groups is 1. The summed E-state index contributed by atoms with van der Waals surface area (Å²) in [5.74, 6) is 2.28. The van der Waals surface area contributed by atoms with Gasteiger partial charge in [-0.25, -0.2) is 4.68 Å². The molecule has 0 spiro atoms. The number of amides is 1. The van der Waals surface area contributed by atoms with Crippen LogP contribution in [0.15, 0.2) is 54.6 Å². The molecule has 1 amide bonds. The second-order valence-corrected chi connectivity index (χ2v) is 9.23. The van der Waals surface area contributed by atoms with Crippen molar-refractivity contribution in [3.05, 3.63) is 77.1 Å². The molecule has 1 aliphatic rings. The minimum atomic E-state index is -0.109. The van der Waals surface area contributed by atoms with Crippen LogP contribution in [-0.2, 0) is 0 Å². The lowest BCUT2D eigenvalue weighted by atomic mass is 10.1. The van der Waals surface area contributed by atoms with E-state index < -0.39 is 0 Å². The molecule has 27 heavy (non-hydrogen) atoms. The van der Waals surface area contributed by atoms with Gasteiger partial charge in [0.1, 0.15) is 0 Å². The van der Waals surface area contributed by atoms with Crippen molar-refractivity contribution in [1.82, 2.24) is 9.78 Å². The number of carbonyl (C=O) groups excluding carboxylic acids is 1. The van der Waals surface area contributed by atoms with Crippen LogP contribution in [0.2, 0.25) is 0 Å².